The second-order valence-corrected chi connectivity index (χ2v) is 5.53. The molecule has 1 aliphatic rings. The highest BCUT2D eigenvalue weighted by molar-refractivity contribution is 6.13. The van der Waals surface area contributed by atoms with E-state index in [1.807, 2.05) is 45.0 Å². The van der Waals surface area contributed by atoms with Crippen molar-refractivity contribution in [3.05, 3.63) is 29.8 Å². The van der Waals surface area contributed by atoms with Gasteiger partial charge in [0, 0.05) is 11.7 Å². The molecular weight excluding hydrogens is 240 g/mol. The fourth-order valence-corrected chi connectivity index (χ4v) is 1.97. The second kappa shape index (κ2) is 5.03. The van der Waals surface area contributed by atoms with Gasteiger partial charge in [-0.05, 0) is 45.7 Å². The van der Waals surface area contributed by atoms with E-state index in [0.29, 0.717) is 12.8 Å². The van der Waals surface area contributed by atoms with Crippen LogP contribution in [0, 0.1) is 12.3 Å². The van der Waals surface area contributed by atoms with Crippen LogP contribution in [0.4, 0.5) is 5.69 Å². The molecule has 4 nitrogen and oxygen atoms in total. The molecule has 0 saturated heterocycles. The molecule has 2 amide bonds. The number of benzene rings is 1. The Kier molecular flexibility index (Phi) is 3.60. The summed E-state index contributed by atoms with van der Waals surface area (Å²) in [4.78, 5) is 24.3. The van der Waals surface area contributed by atoms with Crippen molar-refractivity contribution in [2.45, 2.75) is 39.7 Å². The standard InChI is InChI=1S/C15H20N2O2/c1-10(2)16-13(18)15(8-9-15)14(19)17-12-6-4-11(3)5-7-12/h4-7,10H,8-9H2,1-3H3,(H,16,18)(H,17,19). The van der Waals surface area contributed by atoms with Crippen LogP contribution in [0.3, 0.4) is 0 Å². The number of anilines is 1. The van der Waals surface area contributed by atoms with Gasteiger partial charge in [-0.3, -0.25) is 9.59 Å². The molecule has 102 valence electrons. The minimum absolute atomic E-state index is 0.0529. The van der Waals surface area contributed by atoms with Crippen LogP contribution in [0.2, 0.25) is 0 Å². The van der Waals surface area contributed by atoms with Crippen molar-refractivity contribution in [3.63, 3.8) is 0 Å². The number of amides is 2. The average molecular weight is 260 g/mol. The third-order valence-corrected chi connectivity index (χ3v) is 3.35. The van der Waals surface area contributed by atoms with E-state index in [4.69, 9.17) is 0 Å². The minimum atomic E-state index is -0.852. The van der Waals surface area contributed by atoms with E-state index in [-0.39, 0.29) is 17.9 Å². The largest absolute Gasteiger partial charge is 0.353 e. The molecule has 1 aromatic carbocycles. The first-order valence-electron chi connectivity index (χ1n) is 6.63. The zero-order chi connectivity index (χ0) is 14.0. The quantitative estimate of drug-likeness (QED) is 0.816. The molecule has 4 heteroatoms. The fourth-order valence-electron chi connectivity index (χ4n) is 1.97. The molecule has 2 rings (SSSR count). The molecule has 1 aromatic rings. The molecule has 1 saturated carbocycles. The summed E-state index contributed by atoms with van der Waals surface area (Å²) in [6.07, 6.45) is 1.26. The molecule has 1 aliphatic carbocycles. The summed E-state index contributed by atoms with van der Waals surface area (Å²) in [5.74, 6) is -0.360. The monoisotopic (exact) mass is 260 g/mol. The number of hydrogen-bond acceptors (Lipinski definition) is 2. The zero-order valence-electron chi connectivity index (χ0n) is 11.6. The van der Waals surface area contributed by atoms with Crippen LogP contribution in [0.1, 0.15) is 32.3 Å². The molecule has 0 bridgehead atoms. The van der Waals surface area contributed by atoms with Gasteiger partial charge in [0.25, 0.3) is 0 Å². The van der Waals surface area contributed by atoms with Crippen LogP contribution >= 0.6 is 0 Å². The third kappa shape index (κ3) is 2.95. The molecule has 0 aromatic heterocycles. The number of carbonyl (C=O) groups is 2. The number of aryl methyl sites for hydroxylation is 1. The smallest absolute Gasteiger partial charge is 0.240 e. The van der Waals surface area contributed by atoms with Gasteiger partial charge in [-0.15, -0.1) is 0 Å². The van der Waals surface area contributed by atoms with E-state index in [9.17, 15) is 9.59 Å². The second-order valence-electron chi connectivity index (χ2n) is 5.53. The van der Waals surface area contributed by atoms with Gasteiger partial charge in [-0.25, -0.2) is 0 Å². The Labute approximate surface area is 113 Å². The average Bonchev–Trinajstić information content (AvgIpc) is 3.12. The molecule has 0 atom stereocenters. The first kappa shape index (κ1) is 13.6. The van der Waals surface area contributed by atoms with Gasteiger partial charge in [0.15, 0.2) is 0 Å². The lowest BCUT2D eigenvalue weighted by atomic mass is 10.0. The maximum Gasteiger partial charge on any atom is 0.240 e. The molecule has 1 fully saturated rings. The van der Waals surface area contributed by atoms with Crippen molar-refractivity contribution in [1.29, 1.82) is 0 Å². The maximum atomic E-state index is 12.2. The topological polar surface area (TPSA) is 58.2 Å². The fraction of sp³-hybridized carbons (Fsp3) is 0.467. The van der Waals surface area contributed by atoms with Gasteiger partial charge < -0.3 is 10.6 Å². The summed E-state index contributed by atoms with van der Waals surface area (Å²) in [5, 5.41) is 5.65. The van der Waals surface area contributed by atoms with E-state index in [1.54, 1.807) is 0 Å². The lowest BCUT2D eigenvalue weighted by molar-refractivity contribution is -0.134. The predicted octanol–water partition coefficient (Wildman–Crippen LogP) is 2.24. The molecule has 0 heterocycles. The Bertz CT molecular complexity index is 487. The summed E-state index contributed by atoms with van der Waals surface area (Å²) >= 11 is 0. The molecule has 19 heavy (non-hydrogen) atoms. The predicted molar refractivity (Wildman–Crippen MR) is 74.8 cm³/mol. The van der Waals surface area contributed by atoms with Crippen LogP contribution in [-0.4, -0.2) is 17.9 Å². The Balaban J connectivity index is 2.03. The summed E-state index contributed by atoms with van der Waals surface area (Å²) in [6, 6.07) is 7.62. The summed E-state index contributed by atoms with van der Waals surface area (Å²) in [5.41, 5.74) is 1.02. The van der Waals surface area contributed by atoms with Gasteiger partial charge in [-0.2, -0.15) is 0 Å². The van der Waals surface area contributed by atoms with Crippen LogP contribution in [0.25, 0.3) is 0 Å². The molecule has 0 spiro atoms. The Morgan fingerprint density at radius 2 is 1.68 bits per heavy atom. The molecule has 2 N–H and O–H groups in total. The first-order valence-corrected chi connectivity index (χ1v) is 6.63. The summed E-state index contributed by atoms with van der Waals surface area (Å²) in [6.45, 7) is 5.78. The highest BCUT2D eigenvalue weighted by Gasteiger charge is 2.56. The maximum absolute atomic E-state index is 12.2. The van der Waals surface area contributed by atoms with Crippen molar-refractivity contribution >= 4 is 17.5 Å². The highest BCUT2D eigenvalue weighted by atomic mass is 16.2. The molecular formula is C15H20N2O2. The van der Waals surface area contributed by atoms with Crippen molar-refractivity contribution in [1.82, 2.24) is 5.32 Å². The van der Waals surface area contributed by atoms with Crippen LogP contribution in [0.5, 0.6) is 0 Å². The van der Waals surface area contributed by atoms with Crippen molar-refractivity contribution in [2.24, 2.45) is 5.41 Å². The van der Waals surface area contributed by atoms with Gasteiger partial charge >= 0.3 is 0 Å². The normalized spacial score (nSPS) is 16.0. The van der Waals surface area contributed by atoms with Crippen LogP contribution in [0.15, 0.2) is 24.3 Å². The SMILES string of the molecule is Cc1ccc(NC(=O)C2(C(=O)NC(C)C)CC2)cc1. The van der Waals surface area contributed by atoms with Crippen LogP contribution < -0.4 is 10.6 Å². The highest BCUT2D eigenvalue weighted by Crippen LogP contribution is 2.46. The van der Waals surface area contributed by atoms with Gasteiger partial charge in [0.2, 0.25) is 11.8 Å². The Morgan fingerprint density at radius 1 is 1.11 bits per heavy atom. The Hall–Kier alpha value is -1.84. The van der Waals surface area contributed by atoms with E-state index in [0.717, 1.165) is 11.3 Å². The van der Waals surface area contributed by atoms with Crippen LogP contribution in [-0.2, 0) is 9.59 Å². The zero-order valence-corrected chi connectivity index (χ0v) is 11.6. The Morgan fingerprint density at radius 3 is 2.16 bits per heavy atom. The number of rotatable bonds is 4. The molecule has 0 unspecified atom stereocenters. The number of hydrogen-bond donors (Lipinski definition) is 2. The van der Waals surface area contributed by atoms with E-state index < -0.39 is 5.41 Å². The van der Waals surface area contributed by atoms with Gasteiger partial charge in [0.05, 0.1) is 0 Å². The van der Waals surface area contributed by atoms with E-state index in [2.05, 4.69) is 10.6 Å². The first-order chi connectivity index (χ1) is 8.94. The summed E-state index contributed by atoms with van der Waals surface area (Å²) < 4.78 is 0. The minimum Gasteiger partial charge on any atom is -0.353 e. The van der Waals surface area contributed by atoms with E-state index >= 15 is 0 Å². The number of carbonyl (C=O) groups excluding carboxylic acids is 2. The van der Waals surface area contributed by atoms with Crippen molar-refractivity contribution in [3.8, 4) is 0 Å². The lowest BCUT2D eigenvalue weighted by Gasteiger charge is -2.17. The van der Waals surface area contributed by atoms with Gasteiger partial charge in [-0.1, -0.05) is 17.7 Å². The number of nitrogens with one attached hydrogen (secondary N) is 2. The van der Waals surface area contributed by atoms with Crippen molar-refractivity contribution < 1.29 is 9.59 Å². The summed E-state index contributed by atoms with van der Waals surface area (Å²) in [7, 11) is 0. The van der Waals surface area contributed by atoms with E-state index in [1.165, 1.54) is 0 Å². The lowest BCUT2D eigenvalue weighted by Crippen LogP contribution is -2.42. The third-order valence-electron chi connectivity index (χ3n) is 3.35. The molecule has 0 aliphatic heterocycles. The van der Waals surface area contributed by atoms with Gasteiger partial charge in [0.1, 0.15) is 5.41 Å². The molecule has 0 radical (unpaired) electrons. The van der Waals surface area contributed by atoms with Crippen molar-refractivity contribution in [2.75, 3.05) is 5.32 Å².